The second-order valence-electron chi connectivity index (χ2n) is 4.23. The van der Waals surface area contributed by atoms with Crippen LogP contribution in [-0.4, -0.2) is 6.54 Å². The predicted molar refractivity (Wildman–Crippen MR) is 72.1 cm³/mol. The summed E-state index contributed by atoms with van der Waals surface area (Å²) < 4.78 is 2.05. The molecule has 0 bridgehead atoms. The number of hydrogen-bond acceptors (Lipinski definition) is 0. The number of aryl methyl sites for hydroxylation is 1. The van der Waals surface area contributed by atoms with Gasteiger partial charge in [0.25, 0.3) is 0 Å². The van der Waals surface area contributed by atoms with Gasteiger partial charge < -0.3 is 5.32 Å². The number of pyridine rings is 1. The minimum absolute atomic E-state index is 1.17. The molecule has 1 rings (SSSR count). The minimum Gasteiger partial charge on any atom is -0.320 e. The molecule has 1 aromatic heterocycles. The molecule has 0 aliphatic heterocycles. The number of quaternary nitrogens is 1. The lowest BCUT2D eigenvalue weighted by atomic mass is 10.1. The third-order valence-corrected chi connectivity index (χ3v) is 2.76. The van der Waals surface area contributed by atoms with Gasteiger partial charge in [-0.15, -0.1) is 0 Å². The van der Waals surface area contributed by atoms with Crippen molar-refractivity contribution in [3.8, 4) is 0 Å². The van der Waals surface area contributed by atoms with Gasteiger partial charge in [-0.3, -0.25) is 0 Å². The molecule has 17 heavy (non-hydrogen) atoms. The summed E-state index contributed by atoms with van der Waals surface area (Å²) in [5, 5.41) is 2.25. The Kier molecular flexibility index (Phi) is 6.26. The van der Waals surface area contributed by atoms with Gasteiger partial charge in [0.2, 0.25) is 0 Å². The van der Waals surface area contributed by atoms with Crippen molar-refractivity contribution in [3.05, 3.63) is 48.4 Å². The highest BCUT2D eigenvalue weighted by Gasteiger charge is 1.99. The van der Waals surface area contributed by atoms with E-state index in [1.54, 1.807) is 0 Å². The Balaban J connectivity index is 2.57. The Labute approximate surface area is 105 Å². The molecule has 0 amide bonds. The van der Waals surface area contributed by atoms with Crippen LogP contribution in [0.2, 0.25) is 0 Å². The monoisotopic (exact) mass is 232 g/mol. The molecule has 0 aliphatic carbocycles. The van der Waals surface area contributed by atoms with E-state index in [4.69, 9.17) is 0 Å². The Morgan fingerprint density at radius 3 is 2.65 bits per heavy atom. The van der Waals surface area contributed by atoms with Crippen molar-refractivity contribution in [2.45, 2.75) is 26.7 Å². The van der Waals surface area contributed by atoms with Crippen molar-refractivity contribution >= 4 is 5.57 Å². The summed E-state index contributed by atoms with van der Waals surface area (Å²) in [5.41, 5.74) is 2.55. The minimum atomic E-state index is 1.17. The zero-order valence-corrected chi connectivity index (χ0v) is 11.2. The number of nitrogens with zero attached hydrogens (tertiary/aromatic N) is 1. The molecule has 0 aliphatic rings. The average Bonchev–Trinajstić information content (AvgIpc) is 2.35. The summed E-state index contributed by atoms with van der Waals surface area (Å²) in [4.78, 5) is 0. The molecule has 0 saturated carbocycles. The molecule has 1 heterocycles. The second kappa shape index (κ2) is 7.80. The zero-order valence-electron chi connectivity index (χ0n) is 11.2. The van der Waals surface area contributed by atoms with E-state index in [9.17, 15) is 0 Å². The van der Waals surface area contributed by atoms with Crippen LogP contribution in [-0.2, 0) is 7.05 Å². The molecular weight excluding hydrogens is 208 g/mol. The first-order valence-electron chi connectivity index (χ1n) is 6.39. The van der Waals surface area contributed by atoms with Crippen LogP contribution in [0.25, 0.3) is 5.57 Å². The molecular formula is C15H24N2+2. The van der Waals surface area contributed by atoms with Crippen molar-refractivity contribution in [1.29, 1.82) is 0 Å². The summed E-state index contributed by atoms with van der Waals surface area (Å²) in [5.74, 6) is 0. The van der Waals surface area contributed by atoms with E-state index >= 15 is 0 Å². The van der Waals surface area contributed by atoms with Crippen molar-refractivity contribution in [1.82, 2.24) is 0 Å². The van der Waals surface area contributed by atoms with Crippen LogP contribution in [0.15, 0.2) is 42.9 Å². The van der Waals surface area contributed by atoms with Crippen LogP contribution in [0.3, 0.4) is 0 Å². The third kappa shape index (κ3) is 4.96. The van der Waals surface area contributed by atoms with Crippen LogP contribution < -0.4 is 9.88 Å². The fourth-order valence-electron chi connectivity index (χ4n) is 1.64. The average molecular weight is 232 g/mol. The van der Waals surface area contributed by atoms with Gasteiger partial charge in [0.05, 0.1) is 12.7 Å². The summed E-state index contributed by atoms with van der Waals surface area (Å²) >= 11 is 0. The zero-order chi connectivity index (χ0) is 12.5. The molecule has 2 heteroatoms. The van der Waals surface area contributed by atoms with Crippen LogP contribution in [0, 0.1) is 0 Å². The van der Waals surface area contributed by atoms with Gasteiger partial charge in [0, 0.05) is 12.1 Å². The highest BCUT2D eigenvalue weighted by atomic mass is 14.9. The SMILES string of the molecule is C/C=C(\C=C/[NH2+]CCCC)c1cc[n+](C)cc1. The van der Waals surface area contributed by atoms with Gasteiger partial charge in [0.1, 0.15) is 7.05 Å². The first kappa shape index (κ1) is 13.7. The molecule has 0 aromatic carbocycles. The first-order valence-corrected chi connectivity index (χ1v) is 6.39. The van der Waals surface area contributed by atoms with Crippen molar-refractivity contribution in [3.63, 3.8) is 0 Å². The lowest BCUT2D eigenvalue weighted by Crippen LogP contribution is -2.77. The van der Waals surface area contributed by atoms with E-state index in [-0.39, 0.29) is 0 Å². The Morgan fingerprint density at radius 2 is 2.06 bits per heavy atom. The van der Waals surface area contributed by atoms with Crippen LogP contribution in [0.5, 0.6) is 0 Å². The standard InChI is InChI=1S/C15H23N2/c1-4-6-10-16-11-7-14(5-2)15-8-12-17(3)13-9-15/h5,7-9,11-13,16H,4,6,10H2,1-3H3/q+1/p+1/b11-7-,14-5+. The molecule has 0 atom stereocenters. The van der Waals surface area contributed by atoms with E-state index < -0.39 is 0 Å². The Morgan fingerprint density at radius 1 is 1.35 bits per heavy atom. The maximum absolute atomic E-state index is 2.25. The number of nitrogens with two attached hydrogens (primary N) is 1. The molecule has 0 unspecified atom stereocenters. The van der Waals surface area contributed by atoms with Gasteiger partial charge in [-0.05, 0) is 30.6 Å². The molecule has 2 N–H and O–H groups in total. The Hall–Kier alpha value is -1.41. The fraction of sp³-hybridized carbons (Fsp3) is 0.400. The smallest absolute Gasteiger partial charge is 0.169 e. The van der Waals surface area contributed by atoms with Crippen molar-refractivity contribution in [2.75, 3.05) is 6.54 Å². The molecule has 0 radical (unpaired) electrons. The van der Waals surface area contributed by atoms with E-state index in [1.165, 1.54) is 30.5 Å². The number of rotatable bonds is 6. The summed E-state index contributed by atoms with van der Waals surface area (Å²) in [6.07, 6.45) is 13.2. The quantitative estimate of drug-likeness (QED) is 0.438. The van der Waals surface area contributed by atoms with Crippen molar-refractivity contribution < 1.29 is 9.88 Å². The number of allylic oxidation sites excluding steroid dienone is 3. The van der Waals surface area contributed by atoms with Gasteiger partial charge >= 0.3 is 0 Å². The predicted octanol–water partition coefficient (Wildman–Crippen LogP) is 1.79. The maximum Gasteiger partial charge on any atom is 0.169 e. The van der Waals surface area contributed by atoms with Crippen LogP contribution in [0.4, 0.5) is 0 Å². The van der Waals surface area contributed by atoms with E-state index in [1.807, 2.05) is 11.6 Å². The van der Waals surface area contributed by atoms with E-state index in [2.05, 4.69) is 62.0 Å². The Bertz CT molecular complexity index is 374. The maximum atomic E-state index is 2.25. The van der Waals surface area contributed by atoms with Gasteiger partial charge in [-0.1, -0.05) is 19.4 Å². The summed E-state index contributed by atoms with van der Waals surface area (Å²) in [6, 6.07) is 4.29. The van der Waals surface area contributed by atoms with Gasteiger partial charge in [-0.25, -0.2) is 4.57 Å². The van der Waals surface area contributed by atoms with Gasteiger partial charge in [-0.2, -0.15) is 0 Å². The summed E-state index contributed by atoms with van der Waals surface area (Å²) in [6.45, 7) is 5.48. The molecule has 2 nitrogen and oxygen atoms in total. The highest BCUT2D eigenvalue weighted by Crippen LogP contribution is 2.12. The van der Waals surface area contributed by atoms with Crippen LogP contribution >= 0.6 is 0 Å². The van der Waals surface area contributed by atoms with Gasteiger partial charge in [0.15, 0.2) is 12.4 Å². The number of hydrogen-bond donors (Lipinski definition) is 1. The normalized spacial score (nSPS) is 12.3. The van der Waals surface area contributed by atoms with Crippen molar-refractivity contribution in [2.24, 2.45) is 7.05 Å². The highest BCUT2D eigenvalue weighted by molar-refractivity contribution is 5.72. The number of unbranched alkanes of at least 4 members (excludes halogenated alkanes) is 1. The first-order chi connectivity index (χ1) is 8.27. The molecule has 0 spiro atoms. The molecule has 1 aromatic rings. The topological polar surface area (TPSA) is 20.5 Å². The molecule has 0 saturated heterocycles. The second-order valence-corrected chi connectivity index (χ2v) is 4.23. The summed E-state index contributed by atoms with van der Waals surface area (Å²) in [7, 11) is 2.04. The number of aromatic nitrogens is 1. The largest absolute Gasteiger partial charge is 0.320 e. The van der Waals surface area contributed by atoms with E-state index in [0.29, 0.717) is 0 Å². The molecule has 92 valence electrons. The van der Waals surface area contributed by atoms with E-state index in [0.717, 1.165) is 0 Å². The fourth-order valence-corrected chi connectivity index (χ4v) is 1.64. The van der Waals surface area contributed by atoms with Crippen LogP contribution in [0.1, 0.15) is 32.3 Å². The lowest BCUT2D eigenvalue weighted by Gasteiger charge is -1.99. The third-order valence-electron chi connectivity index (χ3n) is 2.76. The lowest BCUT2D eigenvalue weighted by molar-refractivity contribution is -0.671. The molecule has 0 fully saturated rings.